The first-order valence-corrected chi connectivity index (χ1v) is 40.6. The summed E-state index contributed by atoms with van der Waals surface area (Å²) in [4.78, 5) is 72.6. The number of esters is 4. The number of hydrogen-bond acceptors (Lipinski definition) is 15. The monoisotopic (exact) mass is 1340 g/mol. The van der Waals surface area contributed by atoms with Crippen molar-refractivity contribution in [2.45, 2.75) is 393 Å². The number of aliphatic hydroxyl groups excluding tert-OH is 1. The van der Waals surface area contributed by atoms with Crippen LogP contribution in [-0.2, 0) is 65.4 Å². The van der Waals surface area contributed by atoms with E-state index in [1.807, 2.05) is 0 Å². The Kier molecular flexibility index (Phi) is 64.0. The number of hydrogen-bond donors (Lipinski definition) is 3. The molecule has 5 atom stereocenters. The molecule has 0 saturated carbocycles. The van der Waals surface area contributed by atoms with Gasteiger partial charge in [0.25, 0.3) is 0 Å². The molecule has 0 aliphatic rings. The van der Waals surface area contributed by atoms with Gasteiger partial charge in [0.2, 0.25) is 0 Å². The number of unbranched alkanes of at least 4 members (excludes halogenated alkanes) is 44. The van der Waals surface area contributed by atoms with E-state index in [1.54, 1.807) is 0 Å². The zero-order valence-corrected chi connectivity index (χ0v) is 60.8. The molecule has 0 bridgehead atoms. The summed E-state index contributed by atoms with van der Waals surface area (Å²) in [6, 6.07) is 0. The maximum absolute atomic E-state index is 13.0. The van der Waals surface area contributed by atoms with E-state index in [-0.39, 0.29) is 25.7 Å². The molecule has 0 aliphatic heterocycles. The lowest BCUT2D eigenvalue weighted by atomic mass is 10.0. The van der Waals surface area contributed by atoms with Gasteiger partial charge in [0.1, 0.15) is 19.3 Å². The zero-order chi connectivity index (χ0) is 67.0. The number of rotatable bonds is 72. The van der Waals surface area contributed by atoms with Gasteiger partial charge in [-0.05, 0) is 31.6 Å². The molecule has 0 aliphatic carbocycles. The van der Waals surface area contributed by atoms with Gasteiger partial charge in [0.05, 0.1) is 26.4 Å². The summed E-state index contributed by atoms with van der Waals surface area (Å²) in [5.41, 5.74) is 0. The van der Waals surface area contributed by atoms with Crippen molar-refractivity contribution < 1.29 is 80.2 Å². The van der Waals surface area contributed by atoms with Gasteiger partial charge in [-0.25, -0.2) is 9.13 Å². The van der Waals surface area contributed by atoms with Crippen LogP contribution in [0.2, 0.25) is 0 Å². The predicted octanol–water partition coefficient (Wildman–Crippen LogP) is 20.9. The first-order chi connectivity index (χ1) is 44.0. The van der Waals surface area contributed by atoms with Crippen LogP contribution in [0.25, 0.3) is 0 Å². The molecule has 0 aromatic carbocycles. The van der Waals surface area contributed by atoms with Crippen LogP contribution in [-0.4, -0.2) is 96.7 Å². The van der Waals surface area contributed by atoms with Gasteiger partial charge < -0.3 is 33.8 Å². The minimum absolute atomic E-state index is 0.108. The molecule has 0 amide bonds. The Morgan fingerprint density at radius 1 is 0.297 bits per heavy atom. The molecule has 19 heteroatoms. The van der Waals surface area contributed by atoms with Crippen molar-refractivity contribution in [2.75, 3.05) is 39.6 Å². The van der Waals surface area contributed by atoms with Gasteiger partial charge in [0, 0.05) is 25.7 Å². The van der Waals surface area contributed by atoms with E-state index in [0.29, 0.717) is 25.7 Å². The Morgan fingerprint density at radius 3 is 0.747 bits per heavy atom. The third kappa shape index (κ3) is 66.5. The van der Waals surface area contributed by atoms with Crippen LogP contribution < -0.4 is 0 Å². The molecule has 17 nitrogen and oxygen atoms in total. The van der Waals surface area contributed by atoms with Gasteiger partial charge in [-0.2, -0.15) is 0 Å². The highest BCUT2D eigenvalue weighted by molar-refractivity contribution is 7.47. The van der Waals surface area contributed by atoms with Crippen LogP contribution in [0.5, 0.6) is 0 Å². The molecule has 0 aromatic rings. The lowest BCUT2D eigenvalue weighted by Gasteiger charge is -2.21. The summed E-state index contributed by atoms with van der Waals surface area (Å²) in [5.74, 6) is -1.33. The van der Waals surface area contributed by atoms with Crippen molar-refractivity contribution in [3.63, 3.8) is 0 Å². The van der Waals surface area contributed by atoms with Gasteiger partial charge in [-0.1, -0.05) is 324 Å². The number of carbonyl (C=O) groups is 4. The van der Waals surface area contributed by atoms with Crippen molar-refractivity contribution in [3.05, 3.63) is 0 Å². The molecule has 0 fully saturated rings. The Balaban J connectivity index is 5.23. The Bertz CT molecular complexity index is 1750. The van der Waals surface area contributed by atoms with E-state index in [2.05, 4.69) is 34.6 Å². The fourth-order valence-corrected chi connectivity index (χ4v) is 12.6. The van der Waals surface area contributed by atoms with E-state index in [0.717, 1.165) is 95.8 Å². The largest absolute Gasteiger partial charge is 0.472 e. The highest BCUT2D eigenvalue weighted by Gasteiger charge is 2.30. The molecule has 3 N–H and O–H groups in total. The first-order valence-electron chi connectivity index (χ1n) is 37.6. The Morgan fingerprint density at radius 2 is 0.505 bits per heavy atom. The summed E-state index contributed by atoms with van der Waals surface area (Å²) in [5, 5.41) is 10.6. The van der Waals surface area contributed by atoms with Gasteiger partial charge >= 0.3 is 39.5 Å². The van der Waals surface area contributed by atoms with Crippen LogP contribution in [0, 0.1) is 5.92 Å². The molecule has 0 spiro atoms. The Labute approximate surface area is 556 Å². The number of aliphatic hydroxyl groups is 1. The zero-order valence-electron chi connectivity index (χ0n) is 59.0. The molecule has 2 unspecified atom stereocenters. The third-order valence-corrected chi connectivity index (χ3v) is 18.7. The van der Waals surface area contributed by atoms with Crippen LogP contribution in [0.3, 0.4) is 0 Å². The molecule has 0 radical (unpaired) electrons. The van der Waals surface area contributed by atoms with Crippen LogP contribution >= 0.6 is 15.6 Å². The Hall–Kier alpha value is -1.94. The van der Waals surface area contributed by atoms with Gasteiger partial charge in [-0.15, -0.1) is 0 Å². The maximum atomic E-state index is 13.0. The summed E-state index contributed by atoms with van der Waals surface area (Å²) < 4.78 is 68.4. The molecule has 0 rings (SSSR count). The molecule has 0 heterocycles. The van der Waals surface area contributed by atoms with E-state index in [4.69, 9.17) is 37.0 Å². The number of ether oxygens (including phenoxy) is 4. The standard InChI is InChI=1S/C72H140O17P2/c1-6-9-12-15-18-21-23-26-31-36-41-46-51-56-70(75)83-62-68(89-72(77)58-53-48-43-38-33-29-25-28-30-35-39-44-49-54-65(4)5)64-87-91(80,81)85-60-66(73)59-84-90(78,79)86-63-67(61-82-69(74)55-50-45-40-34-20-17-14-11-8-3)88-71(76)57-52-47-42-37-32-27-24-22-19-16-13-10-7-2/h65-68,73H,6-64H2,1-5H3,(H,78,79)(H,80,81)/t66-,67+,68+/m0/s1. The molecule has 540 valence electrons. The fraction of sp³-hybridized carbons (Fsp3) is 0.944. The van der Waals surface area contributed by atoms with Crippen LogP contribution in [0.4, 0.5) is 0 Å². The second kappa shape index (κ2) is 65.4. The average Bonchev–Trinajstić information content (AvgIpc) is 2.59. The predicted molar refractivity (Wildman–Crippen MR) is 368 cm³/mol. The molecule has 91 heavy (non-hydrogen) atoms. The molecule has 0 aromatic heterocycles. The highest BCUT2D eigenvalue weighted by atomic mass is 31.2. The molecular formula is C72H140O17P2. The van der Waals surface area contributed by atoms with Crippen molar-refractivity contribution in [3.8, 4) is 0 Å². The highest BCUT2D eigenvalue weighted by Crippen LogP contribution is 2.45. The minimum Gasteiger partial charge on any atom is -0.462 e. The first kappa shape index (κ1) is 89.1. The second-order valence-corrected chi connectivity index (χ2v) is 29.4. The van der Waals surface area contributed by atoms with Crippen molar-refractivity contribution in [1.29, 1.82) is 0 Å². The second-order valence-electron chi connectivity index (χ2n) is 26.5. The quantitative estimate of drug-likeness (QED) is 0.0222. The number of carbonyl (C=O) groups excluding carboxylic acids is 4. The topological polar surface area (TPSA) is 237 Å². The van der Waals surface area contributed by atoms with Gasteiger partial charge in [-0.3, -0.25) is 37.3 Å². The lowest BCUT2D eigenvalue weighted by Crippen LogP contribution is -2.30. The number of phosphoric acid groups is 2. The van der Waals surface area contributed by atoms with E-state index in [9.17, 15) is 43.2 Å². The normalized spacial score (nSPS) is 14.0. The summed E-state index contributed by atoms with van der Waals surface area (Å²) in [7, 11) is -9.90. The van der Waals surface area contributed by atoms with E-state index < -0.39 is 97.5 Å². The summed E-state index contributed by atoms with van der Waals surface area (Å²) in [6.07, 6.45) is 52.5. The maximum Gasteiger partial charge on any atom is 0.472 e. The minimum atomic E-state index is -4.95. The average molecular weight is 1340 g/mol. The van der Waals surface area contributed by atoms with Crippen LogP contribution in [0.15, 0.2) is 0 Å². The SMILES string of the molecule is CCCCCCCCCCCCCCCC(=O)OC[C@H](COP(=O)(O)OC[C@@H](O)COP(=O)(O)OC[C@@H](COC(=O)CCCCCCCCCCC)OC(=O)CCCCCCCCCCCCCCC)OC(=O)CCCCCCCCCCCCCCCC(C)C. The van der Waals surface area contributed by atoms with E-state index >= 15 is 0 Å². The smallest absolute Gasteiger partial charge is 0.462 e. The summed E-state index contributed by atoms with van der Waals surface area (Å²) in [6.45, 7) is 7.27. The van der Waals surface area contributed by atoms with Gasteiger partial charge in [0.15, 0.2) is 12.2 Å². The number of phosphoric ester groups is 2. The lowest BCUT2D eigenvalue weighted by molar-refractivity contribution is -0.161. The third-order valence-electron chi connectivity index (χ3n) is 16.8. The molecule has 0 saturated heterocycles. The van der Waals surface area contributed by atoms with Crippen molar-refractivity contribution in [2.24, 2.45) is 5.92 Å². The fourth-order valence-electron chi connectivity index (χ4n) is 11.0. The summed E-state index contributed by atoms with van der Waals surface area (Å²) >= 11 is 0. The van der Waals surface area contributed by atoms with Crippen molar-refractivity contribution >= 4 is 39.5 Å². The van der Waals surface area contributed by atoms with Crippen molar-refractivity contribution in [1.82, 2.24) is 0 Å². The van der Waals surface area contributed by atoms with E-state index in [1.165, 1.54) is 199 Å². The molecular weight excluding hydrogens is 1200 g/mol. The van der Waals surface area contributed by atoms with Crippen LogP contribution in [0.1, 0.15) is 375 Å².